The molecular formula is C13H19FN2O4. The fourth-order valence-electron chi connectivity index (χ4n) is 2.02. The number of nitro benzene ring substituents is 1. The number of hydrogen-bond acceptors (Lipinski definition) is 5. The predicted octanol–water partition coefficient (Wildman–Crippen LogP) is 1.91. The zero-order valence-electron chi connectivity index (χ0n) is 11.8. The number of nitro groups is 1. The van der Waals surface area contributed by atoms with Gasteiger partial charge in [0.25, 0.3) is 5.69 Å². The second-order valence-corrected chi connectivity index (χ2v) is 4.29. The Bertz CT molecular complexity index is 462. The maximum absolute atomic E-state index is 13.6. The highest BCUT2D eigenvalue weighted by atomic mass is 19.1. The van der Waals surface area contributed by atoms with Gasteiger partial charge in [-0.05, 0) is 19.0 Å². The normalized spacial score (nSPS) is 12.2. The van der Waals surface area contributed by atoms with Crippen molar-refractivity contribution >= 4 is 5.69 Å². The number of benzene rings is 1. The van der Waals surface area contributed by atoms with Gasteiger partial charge in [0, 0.05) is 18.7 Å². The lowest BCUT2D eigenvalue weighted by Gasteiger charge is -2.17. The Kier molecular flexibility index (Phi) is 6.33. The molecule has 20 heavy (non-hydrogen) atoms. The first-order valence-corrected chi connectivity index (χ1v) is 6.26. The van der Waals surface area contributed by atoms with Crippen LogP contribution in [0.1, 0.15) is 12.5 Å². The number of likely N-dealkylation sites (N-methyl/N-ethyl adjacent to an activating group) is 1. The van der Waals surface area contributed by atoms with E-state index in [1.807, 2.05) is 6.92 Å². The molecule has 0 spiro atoms. The molecule has 0 heterocycles. The molecule has 0 saturated carbocycles. The van der Waals surface area contributed by atoms with Crippen LogP contribution in [0.4, 0.5) is 10.1 Å². The van der Waals surface area contributed by atoms with Gasteiger partial charge in [-0.15, -0.1) is 0 Å². The van der Waals surface area contributed by atoms with Crippen molar-refractivity contribution in [3.8, 4) is 5.75 Å². The smallest absolute Gasteiger partial charge is 0.275 e. The molecule has 1 atom stereocenters. The van der Waals surface area contributed by atoms with Crippen LogP contribution in [-0.2, 0) is 11.2 Å². The van der Waals surface area contributed by atoms with Crippen LogP contribution in [0, 0.1) is 15.9 Å². The summed E-state index contributed by atoms with van der Waals surface area (Å²) in [6.07, 6.45) is 0.356. The lowest BCUT2D eigenvalue weighted by Crippen LogP contribution is -2.35. The van der Waals surface area contributed by atoms with Gasteiger partial charge in [0.15, 0.2) is 11.6 Å². The van der Waals surface area contributed by atoms with E-state index in [0.717, 1.165) is 6.07 Å². The van der Waals surface area contributed by atoms with Crippen molar-refractivity contribution in [3.05, 3.63) is 33.6 Å². The molecule has 1 aromatic carbocycles. The molecule has 1 N–H and O–H groups in total. The zero-order chi connectivity index (χ0) is 15.1. The van der Waals surface area contributed by atoms with Crippen molar-refractivity contribution < 1.29 is 18.8 Å². The van der Waals surface area contributed by atoms with Crippen molar-refractivity contribution in [2.75, 3.05) is 27.4 Å². The molecule has 0 aliphatic rings. The fraction of sp³-hybridized carbons (Fsp3) is 0.538. The highest BCUT2D eigenvalue weighted by Gasteiger charge is 2.21. The van der Waals surface area contributed by atoms with Crippen LogP contribution >= 0.6 is 0 Å². The first-order chi connectivity index (χ1) is 9.53. The predicted molar refractivity (Wildman–Crippen MR) is 72.7 cm³/mol. The molecule has 0 radical (unpaired) electrons. The number of hydrogen-bond donors (Lipinski definition) is 1. The topological polar surface area (TPSA) is 73.6 Å². The molecule has 0 aliphatic heterocycles. The van der Waals surface area contributed by atoms with Crippen molar-refractivity contribution in [2.45, 2.75) is 19.4 Å². The summed E-state index contributed by atoms with van der Waals surface area (Å²) in [6, 6.07) is 2.18. The molecule has 0 aromatic heterocycles. The average molecular weight is 286 g/mol. The van der Waals surface area contributed by atoms with Gasteiger partial charge in [-0.2, -0.15) is 0 Å². The Labute approximate surface area is 117 Å². The highest BCUT2D eigenvalue weighted by molar-refractivity contribution is 5.46. The maximum Gasteiger partial charge on any atom is 0.275 e. The van der Waals surface area contributed by atoms with Crippen LogP contribution in [0.2, 0.25) is 0 Å². The summed E-state index contributed by atoms with van der Waals surface area (Å²) in [6.45, 7) is 3.05. The summed E-state index contributed by atoms with van der Waals surface area (Å²) in [4.78, 5) is 10.4. The van der Waals surface area contributed by atoms with Crippen molar-refractivity contribution in [2.24, 2.45) is 0 Å². The van der Waals surface area contributed by atoms with Gasteiger partial charge in [0.1, 0.15) is 0 Å². The Morgan fingerprint density at radius 2 is 2.15 bits per heavy atom. The monoisotopic (exact) mass is 286 g/mol. The summed E-state index contributed by atoms with van der Waals surface area (Å²) >= 11 is 0. The van der Waals surface area contributed by atoms with E-state index in [2.05, 4.69) is 5.32 Å². The Morgan fingerprint density at radius 1 is 1.45 bits per heavy atom. The maximum atomic E-state index is 13.6. The van der Waals surface area contributed by atoms with Gasteiger partial charge < -0.3 is 14.8 Å². The van der Waals surface area contributed by atoms with Crippen LogP contribution in [0.15, 0.2) is 12.1 Å². The van der Waals surface area contributed by atoms with E-state index in [9.17, 15) is 14.5 Å². The highest BCUT2D eigenvalue weighted by Crippen LogP contribution is 2.28. The fourth-order valence-corrected chi connectivity index (χ4v) is 2.02. The average Bonchev–Trinajstić information content (AvgIpc) is 2.40. The van der Waals surface area contributed by atoms with Crippen LogP contribution in [-0.4, -0.2) is 38.3 Å². The third kappa shape index (κ3) is 4.14. The molecule has 0 saturated heterocycles. The van der Waals surface area contributed by atoms with Crippen molar-refractivity contribution in [3.63, 3.8) is 0 Å². The van der Waals surface area contributed by atoms with Crippen LogP contribution < -0.4 is 10.1 Å². The summed E-state index contributed by atoms with van der Waals surface area (Å²) in [5.41, 5.74) is 0.165. The molecule has 1 unspecified atom stereocenters. The number of ether oxygens (including phenoxy) is 2. The lowest BCUT2D eigenvalue weighted by molar-refractivity contribution is -0.385. The third-order valence-corrected chi connectivity index (χ3v) is 2.88. The van der Waals surface area contributed by atoms with Gasteiger partial charge in [-0.3, -0.25) is 10.1 Å². The molecule has 1 aromatic rings. The molecule has 0 aliphatic carbocycles. The Morgan fingerprint density at radius 3 is 2.65 bits per heavy atom. The quantitative estimate of drug-likeness (QED) is 0.583. The van der Waals surface area contributed by atoms with Gasteiger partial charge in [-0.1, -0.05) is 6.92 Å². The molecule has 1 rings (SSSR count). The number of methoxy groups -OCH3 is 2. The van der Waals surface area contributed by atoms with Crippen LogP contribution in [0.5, 0.6) is 5.75 Å². The lowest BCUT2D eigenvalue weighted by atomic mass is 10.0. The second kappa shape index (κ2) is 7.76. The number of nitrogens with zero attached hydrogens (tertiary/aromatic N) is 1. The number of rotatable bonds is 8. The van der Waals surface area contributed by atoms with Crippen LogP contribution in [0.3, 0.4) is 0 Å². The Hall–Kier alpha value is -1.73. The van der Waals surface area contributed by atoms with E-state index >= 15 is 0 Å². The minimum absolute atomic E-state index is 0.00161. The minimum Gasteiger partial charge on any atom is -0.494 e. The minimum atomic E-state index is -0.741. The largest absolute Gasteiger partial charge is 0.494 e. The molecule has 0 bridgehead atoms. The van der Waals surface area contributed by atoms with E-state index in [-0.39, 0.29) is 17.5 Å². The van der Waals surface area contributed by atoms with E-state index in [4.69, 9.17) is 9.47 Å². The molecule has 0 amide bonds. The zero-order valence-corrected chi connectivity index (χ0v) is 11.8. The SMILES string of the molecule is CCNC(COC)Cc1cc(OC)c(F)cc1[N+](=O)[O-]. The van der Waals surface area contributed by atoms with Gasteiger partial charge in [0.05, 0.1) is 24.7 Å². The first kappa shape index (κ1) is 16.3. The molecule has 7 heteroatoms. The summed E-state index contributed by atoms with van der Waals surface area (Å²) < 4.78 is 23.5. The standard InChI is InChI=1S/C13H19FN2O4/c1-4-15-10(8-19-2)5-9-6-13(20-3)11(14)7-12(9)16(17)18/h6-7,10,15H,4-5,8H2,1-3H3. The summed E-state index contributed by atoms with van der Waals surface area (Å²) in [5, 5.41) is 14.2. The van der Waals surface area contributed by atoms with E-state index in [0.29, 0.717) is 25.1 Å². The molecule has 6 nitrogen and oxygen atoms in total. The van der Waals surface area contributed by atoms with E-state index in [1.165, 1.54) is 13.2 Å². The molecule has 0 fully saturated rings. The molecular weight excluding hydrogens is 267 g/mol. The molecule has 112 valence electrons. The summed E-state index contributed by atoms with van der Waals surface area (Å²) in [7, 11) is 2.88. The van der Waals surface area contributed by atoms with Gasteiger partial charge >= 0.3 is 0 Å². The van der Waals surface area contributed by atoms with Crippen LogP contribution in [0.25, 0.3) is 0 Å². The van der Waals surface area contributed by atoms with Gasteiger partial charge in [-0.25, -0.2) is 4.39 Å². The number of nitrogens with one attached hydrogen (secondary N) is 1. The summed E-state index contributed by atoms with van der Waals surface area (Å²) in [5.74, 6) is -0.743. The van der Waals surface area contributed by atoms with Crippen molar-refractivity contribution in [1.29, 1.82) is 0 Å². The third-order valence-electron chi connectivity index (χ3n) is 2.88. The first-order valence-electron chi connectivity index (χ1n) is 6.26. The number of halogens is 1. The van der Waals surface area contributed by atoms with E-state index in [1.54, 1.807) is 7.11 Å². The van der Waals surface area contributed by atoms with Crippen molar-refractivity contribution in [1.82, 2.24) is 5.32 Å². The van der Waals surface area contributed by atoms with E-state index < -0.39 is 10.7 Å². The Balaban J connectivity index is 3.09. The van der Waals surface area contributed by atoms with Gasteiger partial charge in [0.2, 0.25) is 0 Å². The second-order valence-electron chi connectivity index (χ2n) is 4.29.